The third-order valence-electron chi connectivity index (χ3n) is 5.58. The number of aliphatic imine (C=N–C) groups is 1. The van der Waals surface area contributed by atoms with Crippen LogP contribution in [0.15, 0.2) is 53.5 Å². The van der Waals surface area contributed by atoms with E-state index in [0.29, 0.717) is 24.5 Å². The van der Waals surface area contributed by atoms with Crippen molar-refractivity contribution < 1.29 is 9.53 Å². The van der Waals surface area contributed by atoms with Crippen molar-refractivity contribution in [1.29, 1.82) is 0 Å². The number of para-hydroxylation sites is 4. The molecule has 2 aromatic carbocycles. The van der Waals surface area contributed by atoms with E-state index in [9.17, 15) is 4.79 Å². The number of ether oxygens (including phenoxy) is 1. The van der Waals surface area contributed by atoms with Gasteiger partial charge in [0.2, 0.25) is 0 Å². The number of hydrogen-bond donors (Lipinski definition) is 3. The Bertz CT molecular complexity index is 997. The van der Waals surface area contributed by atoms with Crippen LogP contribution in [-0.2, 0) is 0 Å². The molecule has 1 saturated heterocycles. The minimum Gasteiger partial charge on any atom is -0.495 e. The highest BCUT2D eigenvalue weighted by Gasteiger charge is 2.45. The van der Waals surface area contributed by atoms with Gasteiger partial charge in [0.1, 0.15) is 17.1 Å². The number of amides is 2. The number of nitrogens with zero attached hydrogens (tertiary/aromatic N) is 2. The number of carbonyl (C=O) groups is 1. The number of anilines is 3. The van der Waals surface area contributed by atoms with E-state index in [1.807, 2.05) is 47.4 Å². The first-order chi connectivity index (χ1) is 14.8. The molecule has 2 aliphatic rings. The van der Waals surface area contributed by atoms with Crippen LogP contribution in [0.2, 0.25) is 0 Å². The molecule has 1 fully saturated rings. The van der Waals surface area contributed by atoms with Gasteiger partial charge in [0.15, 0.2) is 0 Å². The van der Waals surface area contributed by atoms with Gasteiger partial charge in [-0.25, -0.2) is 4.79 Å². The Kier molecular flexibility index (Phi) is 5.52. The van der Waals surface area contributed by atoms with Crippen LogP contribution in [0.5, 0.6) is 5.75 Å². The fourth-order valence-corrected chi connectivity index (χ4v) is 4.20. The first kappa shape index (κ1) is 21.0. The molecule has 0 aliphatic carbocycles. The van der Waals surface area contributed by atoms with E-state index in [0.717, 1.165) is 30.1 Å². The van der Waals surface area contributed by atoms with Gasteiger partial charge in [0, 0.05) is 6.54 Å². The minimum absolute atomic E-state index is 0.139. The molecule has 7 nitrogen and oxygen atoms in total. The summed E-state index contributed by atoms with van der Waals surface area (Å²) in [5, 5.41) is 10.3. The van der Waals surface area contributed by atoms with Crippen LogP contribution in [-0.4, -0.2) is 48.0 Å². The average Bonchev–Trinajstić information content (AvgIpc) is 2.74. The Morgan fingerprint density at radius 3 is 2.58 bits per heavy atom. The maximum atomic E-state index is 13.2. The zero-order valence-corrected chi connectivity index (χ0v) is 18.7. The van der Waals surface area contributed by atoms with Gasteiger partial charge in [-0.1, -0.05) is 24.3 Å². The van der Waals surface area contributed by atoms with Crippen LogP contribution in [0.1, 0.15) is 33.6 Å². The number of likely N-dealkylation sites (tertiary alicyclic amines) is 1. The van der Waals surface area contributed by atoms with E-state index >= 15 is 0 Å². The second-order valence-electron chi connectivity index (χ2n) is 9.16. The number of urea groups is 1. The molecule has 0 bridgehead atoms. The Labute approximate surface area is 183 Å². The molecule has 2 amide bonds. The van der Waals surface area contributed by atoms with E-state index in [-0.39, 0.29) is 11.6 Å². The number of hydrogen-bond acceptors (Lipinski definition) is 4. The quantitative estimate of drug-likeness (QED) is 0.651. The van der Waals surface area contributed by atoms with Crippen LogP contribution in [0.4, 0.5) is 21.9 Å². The molecule has 3 N–H and O–H groups in total. The van der Waals surface area contributed by atoms with Gasteiger partial charge in [-0.15, -0.1) is 0 Å². The first-order valence-corrected chi connectivity index (χ1v) is 10.7. The maximum absolute atomic E-state index is 13.2. The van der Waals surface area contributed by atoms with Gasteiger partial charge in [0.25, 0.3) is 0 Å². The molecule has 31 heavy (non-hydrogen) atoms. The fourth-order valence-electron chi connectivity index (χ4n) is 4.20. The van der Waals surface area contributed by atoms with Gasteiger partial charge in [-0.2, -0.15) is 0 Å². The summed E-state index contributed by atoms with van der Waals surface area (Å²) in [6, 6.07) is 15.4. The average molecular weight is 422 g/mol. The summed E-state index contributed by atoms with van der Waals surface area (Å²) in [4.78, 5) is 20.0. The van der Waals surface area contributed by atoms with Gasteiger partial charge in [0.05, 0.1) is 36.3 Å². The zero-order valence-electron chi connectivity index (χ0n) is 18.7. The third-order valence-corrected chi connectivity index (χ3v) is 5.58. The summed E-state index contributed by atoms with van der Waals surface area (Å²) in [6.45, 7) is 7.47. The molecule has 1 atom stereocenters. The van der Waals surface area contributed by atoms with Crippen LogP contribution in [0, 0.1) is 0 Å². The lowest BCUT2D eigenvalue weighted by Crippen LogP contribution is -2.63. The SMILES string of the molecule is COc1ccccc1NC(=O)N1CCCC2(C1)Nc1ccccc1NC2=NC(C)(C)C. The van der Waals surface area contributed by atoms with E-state index in [1.165, 1.54) is 0 Å². The normalized spacial score (nSPS) is 21.8. The van der Waals surface area contributed by atoms with Crippen molar-refractivity contribution in [2.24, 2.45) is 4.99 Å². The molecule has 1 unspecified atom stereocenters. The molecule has 0 radical (unpaired) electrons. The molecule has 4 rings (SSSR count). The molecular formula is C24H31N5O2. The van der Waals surface area contributed by atoms with Gasteiger partial charge < -0.3 is 25.6 Å². The Hall–Kier alpha value is -3.22. The van der Waals surface area contributed by atoms with Crippen LogP contribution in [0.25, 0.3) is 0 Å². The summed E-state index contributed by atoms with van der Waals surface area (Å²) in [7, 11) is 1.60. The molecule has 7 heteroatoms. The minimum atomic E-state index is -0.460. The molecule has 2 aromatic rings. The highest BCUT2D eigenvalue weighted by molar-refractivity contribution is 6.10. The standard InChI is InChI=1S/C24H31N5O2/c1-23(2,3)28-21-24(27-18-11-6-5-10-17(18)25-21)14-9-15-29(16-24)22(30)26-19-12-7-8-13-20(19)31-4/h5-8,10-13,27H,9,14-16H2,1-4H3,(H,25,28)(H,26,30). The predicted molar refractivity (Wildman–Crippen MR) is 126 cm³/mol. The number of piperidine rings is 1. The van der Waals surface area contributed by atoms with Crippen molar-refractivity contribution in [2.45, 2.75) is 44.7 Å². The summed E-state index contributed by atoms with van der Waals surface area (Å²) < 4.78 is 5.38. The second kappa shape index (κ2) is 8.13. The fraction of sp³-hybridized carbons (Fsp3) is 0.417. The Morgan fingerprint density at radius 2 is 1.84 bits per heavy atom. The van der Waals surface area contributed by atoms with Crippen molar-refractivity contribution >= 4 is 28.9 Å². The largest absolute Gasteiger partial charge is 0.495 e. The predicted octanol–water partition coefficient (Wildman–Crippen LogP) is 4.80. The number of methoxy groups -OCH3 is 1. The monoisotopic (exact) mass is 421 g/mol. The van der Waals surface area contributed by atoms with E-state index < -0.39 is 5.54 Å². The van der Waals surface area contributed by atoms with Crippen molar-refractivity contribution in [1.82, 2.24) is 4.90 Å². The van der Waals surface area contributed by atoms with Crippen molar-refractivity contribution in [3.05, 3.63) is 48.5 Å². The smallest absolute Gasteiger partial charge is 0.322 e. The summed E-state index contributed by atoms with van der Waals surface area (Å²) >= 11 is 0. The van der Waals surface area contributed by atoms with Crippen LogP contribution in [0.3, 0.4) is 0 Å². The van der Waals surface area contributed by atoms with Gasteiger partial charge in [-0.3, -0.25) is 4.99 Å². The number of carbonyl (C=O) groups excluding carboxylic acids is 1. The summed E-state index contributed by atoms with van der Waals surface area (Å²) in [6.07, 6.45) is 1.76. The molecule has 1 spiro atoms. The van der Waals surface area contributed by atoms with Gasteiger partial charge >= 0.3 is 6.03 Å². The lowest BCUT2D eigenvalue weighted by molar-refractivity contribution is 0.186. The maximum Gasteiger partial charge on any atom is 0.322 e. The van der Waals surface area contributed by atoms with Crippen molar-refractivity contribution in [3.63, 3.8) is 0 Å². The van der Waals surface area contributed by atoms with Gasteiger partial charge in [-0.05, 0) is 57.9 Å². The van der Waals surface area contributed by atoms with E-state index in [1.54, 1.807) is 7.11 Å². The van der Waals surface area contributed by atoms with Crippen molar-refractivity contribution in [3.8, 4) is 5.75 Å². The summed E-state index contributed by atoms with van der Waals surface area (Å²) in [5.74, 6) is 1.53. The Morgan fingerprint density at radius 1 is 1.13 bits per heavy atom. The molecule has 164 valence electrons. The number of benzene rings is 2. The third kappa shape index (κ3) is 4.45. The first-order valence-electron chi connectivity index (χ1n) is 10.7. The van der Waals surface area contributed by atoms with Crippen LogP contribution < -0.4 is 20.7 Å². The highest BCUT2D eigenvalue weighted by atomic mass is 16.5. The topological polar surface area (TPSA) is 78.0 Å². The molecule has 2 aliphatic heterocycles. The number of fused-ring (bicyclic) bond motifs is 1. The molecular weight excluding hydrogens is 390 g/mol. The molecule has 0 saturated carbocycles. The summed E-state index contributed by atoms with van der Waals surface area (Å²) in [5.41, 5.74) is 2.00. The number of rotatable bonds is 2. The lowest BCUT2D eigenvalue weighted by Gasteiger charge is -2.47. The number of amidine groups is 1. The van der Waals surface area contributed by atoms with E-state index in [4.69, 9.17) is 9.73 Å². The van der Waals surface area contributed by atoms with Crippen molar-refractivity contribution in [2.75, 3.05) is 36.1 Å². The highest BCUT2D eigenvalue weighted by Crippen LogP contribution is 2.37. The van der Waals surface area contributed by atoms with E-state index in [2.05, 4.69) is 42.8 Å². The lowest BCUT2D eigenvalue weighted by atomic mass is 9.85. The Balaban J connectivity index is 1.62. The number of nitrogens with one attached hydrogen (secondary N) is 3. The zero-order chi connectivity index (χ0) is 22.1. The molecule has 2 heterocycles. The van der Waals surface area contributed by atoms with Crippen LogP contribution >= 0.6 is 0 Å². The molecule has 0 aromatic heterocycles. The second-order valence-corrected chi connectivity index (χ2v) is 9.16.